The summed E-state index contributed by atoms with van der Waals surface area (Å²) in [6.07, 6.45) is 5.35. The normalized spacial score (nSPS) is 13.3. The van der Waals surface area contributed by atoms with Crippen LogP contribution in [0.3, 0.4) is 0 Å². The van der Waals surface area contributed by atoms with Gasteiger partial charge in [-0.25, -0.2) is 0 Å². The predicted octanol–water partition coefficient (Wildman–Crippen LogP) is 3.76. The predicted molar refractivity (Wildman–Crippen MR) is 65.3 cm³/mol. The van der Waals surface area contributed by atoms with Gasteiger partial charge in [0.25, 0.3) is 0 Å². The average molecular weight is 204 g/mol. The Morgan fingerprint density at radius 2 is 1.80 bits per heavy atom. The maximum atomic E-state index is 9.44. The van der Waals surface area contributed by atoms with Gasteiger partial charge in [-0.15, -0.1) is 0 Å². The van der Waals surface area contributed by atoms with Crippen molar-refractivity contribution in [2.45, 2.75) is 34.1 Å². The number of rotatable bonds is 3. The highest BCUT2D eigenvalue weighted by Crippen LogP contribution is 2.23. The number of aromatic hydroxyl groups is 1. The molecule has 0 heterocycles. The molecule has 1 nitrogen and oxygen atoms in total. The van der Waals surface area contributed by atoms with Crippen molar-refractivity contribution in [1.29, 1.82) is 0 Å². The number of hydrogen-bond donors (Lipinski definition) is 1. The molecule has 82 valence electrons. The van der Waals surface area contributed by atoms with Crippen LogP contribution in [0.15, 0.2) is 24.3 Å². The molecule has 0 saturated heterocycles. The molecule has 0 bridgehead atoms. The van der Waals surface area contributed by atoms with Crippen LogP contribution in [0.4, 0.5) is 0 Å². The fraction of sp³-hybridized carbons (Fsp3) is 0.429. The highest BCUT2D eigenvalue weighted by molar-refractivity contribution is 5.40. The van der Waals surface area contributed by atoms with Crippen molar-refractivity contribution in [3.8, 4) is 5.75 Å². The number of phenolic OH excluding ortho intramolecular Hbond substituents is 1. The summed E-state index contributed by atoms with van der Waals surface area (Å²) in [7, 11) is 0. The Bertz CT molecular complexity index is 341. The summed E-state index contributed by atoms with van der Waals surface area (Å²) in [4.78, 5) is 0. The smallest absolute Gasteiger partial charge is 0.116 e. The number of hydrogen-bond acceptors (Lipinski definition) is 1. The lowest BCUT2D eigenvalue weighted by Crippen LogP contribution is -2.00. The summed E-state index contributed by atoms with van der Waals surface area (Å²) in [5.41, 5.74) is 3.73. The molecule has 0 aliphatic carbocycles. The Kier molecular flexibility index (Phi) is 3.96. The number of benzene rings is 1. The van der Waals surface area contributed by atoms with Gasteiger partial charge in [0, 0.05) is 0 Å². The van der Waals surface area contributed by atoms with Gasteiger partial charge in [-0.05, 0) is 61.9 Å². The summed E-state index contributed by atoms with van der Waals surface area (Å²) in [6, 6.07) is 3.68. The van der Waals surface area contributed by atoms with Gasteiger partial charge in [-0.2, -0.15) is 0 Å². The van der Waals surface area contributed by atoms with E-state index in [4.69, 9.17) is 0 Å². The molecule has 0 spiro atoms. The molecular weight excluding hydrogens is 184 g/mol. The number of phenols is 1. The second kappa shape index (κ2) is 5.01. The van der Waals surface area contributed by atoms with Gasteiger partial charge in [0.2, 0.25) is 0 Å². The molecular formula is C14H20O. The third-order valence-electron chi connectivity index (χ3n) is 2.73. The van der Waals surface area contributed by atoms with E-state index in [2.05, 4.69) is 32.9 Å². The molecule has 0 aromatic heterocycles. The standard InChI is InChI=1S/C14H20O/c1-5-6-10(2)7-14-11(3)8-13(15)9-12(14)4/h5-6,8-10,15H,7H2,1-4H3/b6-5-. The Balaban J connectivity index is 2.94. The Labute approximate surface area is 92.5 Å². The molecule has 0 amide bonds. The maximum absolute atomic E-state index is 9.44. The Morgan fingerprint density at radius 3 is 2.27 bits per heavy atom. The summed E-state index contributed by atoms with van der Waals surface area (Å²) in [5, 5.41) is 9.44. The van der Waals surface area contributed by atoms with E-state index in [-0.39, 0.29) is 0 Å². The topological polar surface area (TPSA) is 20.2 Å². The van der Waals surface area contributed by atoms with Crippen LogP contribution in [-0.4, -0.2) is 5.11 Å². The third-order valence-corrected chi connectivity index (χ3v) is 2.73. The third kappa shape index (κ3) is 3.12. The van der Waals surface area contributed by atoms with E-state index in [0.717, 1.165) is 6.42 Å². The lowest BCUT2D eigenvalue weighted by molar-refractivity contribution is 0.474. The van der Waals surface area contributed by atoms with Crippen LogP contribution in [0.5, 0.6) is 5.75 Å². The van der Waals surface area contributed by atoms with Gasteiger partial charge in [0.1, 0.15) is 5.75 Å². The molecule has 1 atom stereocenters. The van der Waals surface area contributed by atoms with Crippen molar-refractivity contribution in [1.82, 2.24) is 0 Å². The minimum absolute atomic E-state index is 0.368. The lowest BCUT2D eigenvalue weighted by atomic mass is 9.93. The first-order valence-electron chi connectivity index (χ1n) is 5.46. The second-order valence-electron chi connectivity index (χ2n) is 4.27. The van der Waals surface area contributed by atoms with Crippen LogP contribution in [0.25, 0.3) is 0 Å². The minimum Gasteiger partial charge on any atom is -0.508 e. The van der Waals surface area contributed by atoms with Gasteiger partial charge in [-0.3, -0.25) is 0 Å². The quantitative estimate of drug-likeness (QED) is 0.743. The van der Waals surface area contributed by atoms with Gasteiger partial charge in [0.15, 0.2) is 0 Å². The Hall–Kier alpha value is -1.24. The zero-order chi connectivity index (χ0) is 11.4. The van der Waals surface area contributed by atoms with E-state index in [1.807, 2.05) is 19.1 Å². The number of aryl methyl sites for hydroxylation is 2. The maximum Gasteiger partial charge on any atom is 0.116 e. The molecule has 15 heavy (non-hydrogen) atoms. The molecule has 1 unspecified atom stereocenters. The Morgan fingerprint density at radius 1 is 1.27 bits per heavy atom. The van der Waals surface area contributed by atoms with Crippen molar-refractivity contribution < 1.29 is 5.11 Å². The molecule has 0 aliphatic rings. The molecule has 1 heteroatoms. The first-order chi connectivity index (χ1) is 7.04. The summed E-state index contributed by atoms with van der Waals surface area (Å²) in [6.45, 7) is 8.38. The van der Waals surface area contributed by atoms with Crippen molar-refractivity contribution in [2.75, 3.05) is 0 Å². The first-order valence-corrected chi connectivity index (χ1v) is 5.46. The van der Waals surface area contributed by atoms with Crippen LogP contribution in [-0.2, 0) is 6.42 Å². The number of allylic oxidation sites excluding steroid dienone is 2. The molecule has 1 rings (SSSR count). The lowest BCUT2D eigenvalue weighted by Gasteiger charge is -2.13. The van der Waals surface area contributed by atoms with E-state index >= 15 is 0 Å². The fourth-order valence-electron chi connectivity index (χ4n) is 2.01. The van der Waals surface area contributed by atoms with Gasteiger partial charge < -0.3 is 5.11 Å². The second-order valence-corrected chi connectivity index (χ2v) is 4.27. The zero-order valence-corrected chi connectivity index (χ0v) is 10.0. The van der Waals surface area contributed by atoms with Gasteiger partial charge >= 0.3 is 0 Å². The average Bonchev–Trinajstić information content (AvgIpc) is 2.11. The van der Waals surface area contributed by atoms with Crippen LogP contribution in [0.2, 0.25) is 0 Å². The highest BCUT2D eigenvalue weighted by atomic mass is 16.3. The monoisotopic (exact) mass is 204 g/mol. The van der Waals surface area contributed by atoms with Crippen molar-refractivity contribution in [3.63, 3.8) is 0 Å². The van der Waals surface area contributed by atoms with E-state index in [0.29, 0.717) is 11.7 Å². The highest BCUT2D eigenvalue weighted by Gasteiger charge is 2.07. The molecule has 0 fully saturated rings. The molecule has 1 aromatic rings. The van der Waals surface area contributed by atoms with Crippen LogP contribution in [0, 0.1) is 19.8 Å². The van der Waals surface area contributed by atoms with E-state index in [1.54, 1.807) is 0 Å². The van der Waals surface area contributed by atoms with Crippen molar-refractivity contribution in [2.24, 2.45) is 5.92 Å². The largest absolute Gasteiger partial charge is 0.508 e. The molecule has 0 radical (unpaired) electrons. The van der Waals surface area contributed by atoms with Crippen LogP contribution in [0.1, 0.15) is 30.5 Å². The molecule has 0 saturated carbocycles. The van der Waals surface area contributed by atoms with Gasteiger partial charge in [-0.1, -0.05) is 19.1 Å². The van der Waals surface area contributed by atoms with Crippen LogP contribution >= 0.6 is 0 Å². The summed E-state index contributed by atoms with van der Waals surface area (Å²) >= 11 is 0. The van der Waals surface area contributed by atoms with Crippen molar-refractivity contribution in [3.05, 3.63) is 41.0 Å². The van der Waals surface area contributed by atoms with E-state index < -0.39 is 0 Å². The SMILES string of the molecule is C/C=C\C(C)Cc1c(C)cc(O)cc1C. The minimum atomic E-state index is 0.368. The summed E-state index contributed by atoms with van der Waals surface area (Å²) < 4.78 is 0. The summed E-state index contributed by atoms with van der Waals surface area (Å²) in [5.74, 6) is 0.921. The first kappa shape index (κ1) is 11.8. The fourth-order valence-corrected chi connectivity index (χ4v) is 2.01. The van der Waals surface area contributed by atoms with E-state index in [9.17, 15) is 5.11 Å². The molecule has 1 N–H and O–H groups in total. The van der Waals surface area contributed by atoms with Crippen LogP contribution < -0.4 is 0 Å². The van der Waals surface area contributed by atoms with Crippen molar-refractivity contribution >= 4 is 0 Å². The molecule has 1 aromatic carbocycles. The van der Waals surface area contributed by atoms with Gasteiger partial charge in [0.05, 0.1) is 0 Å². The zero-order valence-electron chi connectivity index (χ0n) is 10.0. The molecule has 0 aliphatic heterocycles. The van der Waals surface area contributed by atoms with E-state index in [1.165, 1.54) is 16.7 Å².